The summed E-state index contributed by atoms with van der Waals surface area (Å²) >= 11 is 1.58. The summed E-state index contributed by atoms with van der Waals surface area (Å²) < 4.78 is 0. The molecule has 0 saturated heterocycles. The minimum Gasteiger partial charge on any atom is -0.389 e. The van der Waals surface area contributed by atoms with Crippen LogP contribution in [0.2, 0.25) is 0 Å². The molecule has 1 aromatic heterocycles. The van der Waals surface area contributed by atoms with Crippen LogP contribution in [0.15, 0.2) is 0 Å². The van der Waals surface area contributed by atoms with Crippen LogP contribution in [-0.4, -0.2) is 20.9 Å². The third-order valence-electron chi connectivity index (χ3n) is 3.40. The molecule has 0 spiro atoms. The van der Waals surface area contributed by atoms with Gasteiger partial charge in [0, 0.05) is 6.42 Å². The van der Waals surface area contributed by atoms with E-state index >= 15 is 0 Å². The Morgan fingerprint density at radius 3 is 2.64 bits per heavy atom. The molecule has 0 amide bonds. The van der Waals surface area contributed by atoms with Crippen LogP contribution in [0.1, 0.15) is 30.3 Å². The van der Waals surface area contributed by atoms with Crippen molar-refractivity contribution in [1.29, 1.82) is 0 Å². The van der Waals surface area contributed by atoms with Gasteiger partial charge in [-0.15, -0.1) is 21.5 Å². The van der Waals surface area contributed by atoms with Gasteiger partial charge in [0.25, 0.3) is 0 Å². The molecule has 2 rings (SSSR count). The van der Waals surface area contributed by atoms with E-state index in [1.807, 2.05) is 6.92 Å². The van der Waals surface area contributed by atoms with Crippen LogP contribution in [0.4, 0.5) is 0 Å². The molecule has 0 bridgehead atoms. The quantitative estimate of drug-likeness (QED) is 0.813. The van der Waals surface area contributed by atoms with Gasteiger partial charge < -0.3 is 5.11 Å². The zero-order valence-electron chi connectivity index (χ0n) is 8.82. The van der Waals surface area contributed by atoms with Crippen molar-refractivity contribution in [3.63, 3.8) is 0 Å². The molecule has 0 aliphatic heterocycles. The Morgan fingerprint density at radius 2 is 2.21 bits per heavy atom. The summed E-state index contributed by atoms with van der Waals surface area (Å²) in [6, 6.07) is 0. The van der Waals surface area contributed by atoms with Crippen LogP contribution in [0.5, 0.6) is 0 Å². The molecule has 1 aromatic rings. The summed E-state index contributed by atoms with van der Waals surface area (Å²) in [5.74, 6) is 1.01. The zero-order chi connectivity index (χ0) is 10.3. The van der Waals surface area contributed by atoms with E-state index in [1.54, 1.807) is 11.3 Å². The van der Waals surface area contributed by atoms with E-state index in [4.69, 9.17) is 0 Å². The van der Waals surface area contributed by atoms with Gasteiger partial charge in [-0.3, -0.25) is 0 Å². The molecule has 0 aromatic carbocycles. The maximum atomic E-state index is 10.3. The molecule has 4 heteroatoms. The first kappa shape index (κ1) is 10.1. The van der Waals surface area contributed by atoms with E-state index in [9.17, 15) is 5.11 Å². The molecule has 14 heavy (non-hydrogen) atoms. The Hall–Kier alpha value is -0.480. The molecule has 1 saturated carbocycles. The smallest absolute Gasteiger partial charge is 0.120 e. The Kier molecular flexibility index (Phi) is 2.35. The summed E-state index contributed by atoms with van der Waals surface area (Å²) in [5, 5.41) is 20.2. The van der Waals surface area contributed by atoms with Crippen molar-refractivity contribution >= 4 is 11.3 Å². The standard InChI is InChI=1S/C10H16N2OS/c1-6-4-10(13,7(6)2)5-9-12-11-8(3)14-9/h6-7,13H,4-5H2,1-3H3. The third kappa shape index (κ3) is 1.57. The second kappa shape index (κ2) is 3.28. The second-order valence-corrected chi connectivity index (χ2v) is 5.73. The fraction of sp³-hybridized carbons (Fsp3) is 0.800. The highest BCUT2D eigenvalue weighted by atomic mass is 32.1. The maximum Gasteiger partial charge on any atom is 0.120 e. The van der Waals surface area contributed by atoms with Crippen LogP contribution < -0.4 is 0 Å². The van der Waals surface area contributed by atoms with Crippen LogP contribution in [0.25, 0.3) is 0 Å². The van der Waals surface area contributed by atoms with Crippen molar-refractivity contribution in [1.82, 2.24) is 10.2 Å². The molecule has 1 fully saturated rings. The van der Waals surface area contributed by atoms with Gasteiger partial charge in [-0.25, -0.2) is 0 Å². The van der Waals surface area contributed by atoms with Gasteiger partial charge in [0.1, 0.15) is 10.0 Å². The first-order valence-electron chi connectivity index (χ1n) is 5.02. The SMILES string of the molecule is Cc1nnc(CC2(O)CC(C)C2C)s1. The van der Waals surface area contributed by atoms with Gasteiger partial charge >= 0.3 is 0 Å². The van der Waals surface area contributed by atoms with E-state index in [0.717, 1.165) is 16.4 Å². The molecule has 3 atom stereocenters. The van der Waals surface area contributed by atoms with Gasteiger partial charge in [-0.2, -0.15) is 0 Å². The molecule has 1 aliphatic rings. The molecule has 3 nitrogen and oxygen atoms in total. The highest BCUT2D eigenvalue weighted by Gasteiger charge is 2.48. The molecular formula is C10H16N2OS. The lowest BCUT2D eigenvalue weighted by atomic mass is 9.62. The number of nitrogens with zero attached hydrogens (tertiary/aromatic N) is 2. The molecule has 1 N–H and O–H groups in total. The van der Waals surface area contributed by atoms with E-state index in [2.05, 4.69) is 24.0 Å². The van der Waals surface area contributed by atoms with Crippen molar-refractivity contribution in [2.24, 2.45) is 11.8 Å². The van der Waals surface area contributed by atoms with Crippen LogP contribution >= 0.6 is 11.3 Å². The Morgan fingerprint density at radius 1 is 1.50 bits per heavy atom. The summed E-state index contributed by atoms with van der Waals surface area (Å²) in [6.45, 7) is 6.24. The van der Waals surface area contributed by atoms with Gasteiger partial charge in [0.15, 0.2) is 0 Å². The Bertz CT molecular complexity index is 339. The molecule has 0 radical (unpaired) electrons. The van der Waals surface area contributed by atoms with Crippen molar-refractivity contribution < 1.29 is 5.11 Å². The van der Waals surface area contributed by atoms with E-state index in [1.165, 1.54) is 0 Å². The number of aliphatic hydroxyl groups is 1. The molecule has 3 unspecified atom stereocenters. The largest absolute Gasteiger partial charge is 0.389 e. The van der Waals surface area contributed by atoms with Crippen molar-refractivity contribution in [2.75, 3.05) is 0 Å². The first-order valence-corrected chi connectivity index (χ1v) is 5.84. The van der Waals surface area contributed by atoms with Gasteiger partial charge in [-0.1, -0.05) is 13.8 Å². The summed E-state index contributed by atoms with van der Waals surface area (Å²) in [6.07, 6.45) is 1.57. The average molecular weight is 212 g/mol. The lowest BCUT2D eigenvalue weighted by molar-refractivity contribution is -0.123. The molecule has 1 aliphatic carbocycles. The van der Waals surface area contributed by atoms with Crippen molar-refractivity contribution in [3.8, 4) is 0 Å². The van der Waals surface area contributed by atoms with Crippen molar-refractivity contribution in [2.45, 2.75) is 39.2 Å². The Labute approximate surface area is 88.2 Å². The minimum atomic E-state index is -0.522. The van der Waals surface area contributed by atoms with Crippen LogP contribution in [0, 0.1) is 18.8 Å². The van der Waals surface area contributed by atoms with Gasteiger partial charge in [0.2, 0.25) is 0 Å². The number of aryl methyl sites for hydroxylation is 1. The molecular weight excluding hydrogens is 196 g/mol. The second-order valence-electron chi connectivity index (χ2n) is 4.47. The topological polar surface area (TPSA) is 46.0 Å². The zero-order valence-corrected chi connectivity index (χ0v) is 9.64. The van der Waals surface area contributed by atoms with Gasteiger partial charge in [-0.05, 0) is 25.2 Å². The Balaban J connectivity index is 2.05. The fourth-order valence-corrected chi connectivity index (χ4v) is 3.02. The van der Waals surface area contributed by atoms with E-state index in [-0.39, 0.29) is 0 Å². The van der Waals surface area contributed by atoms with Crippen molar-refractivity contribution in [3.05, 3.63) is 10.0 Å². The summed E-state index contributed by atoms with van der Waals surface area (Å²) in [7, 11) is 0. The van der Waals surface area contributed by atoms with Crippen LogP contribution in [-0.2, 0) is 6.42 Å². The minimum absolute atomic E-state index is 0.381. The fourth-order valence-electron chi connectivity index (χ4n) is 2.19. The maximum absolute atomic E-state index is 10.3. The normalized spacial score (nSPS) is 36.9. The first-order chi connectivity index (χ1) is 6.51. The number of aromatic nitrogens is 2. The lowest BCUT2D eigenvalue weighted by Gasteiger charge is -2.48. The van der Waals surface area contributed by atoms with Crippen LogP contribution in [0.3, 0.4) is 0 Å². The van der Waals surface area contributed by atoms with E-state index < -0.39 is 5.60 Å². The number of hydrogen-bond donors (Lipinski definition) is 1. The predicted molar refractivity (Wildman–Crippen MR) is 56.2 cm³/mol. The van der Waals surface area contributed by atoms with E-state index in [0.29, 0.717) is 18.3 Å². The average Bonchev–Trinajstić information content (AvgIpc) is 2.50. The highest BCUT2D eigenvalue weighted by Crippen LogP contribution is 2.45. The molecule has 78 valence electrons. The number of rotatable bonds is 2. The third-order valence-corrected chi connectivity index (χ3v) is 4.24. The summed E-state index contributed by atoms with van der Waals surface area (Å²) in [4.78, 5) is 0. The number of hydrogen-bond acceptors (Lipinski definition) is 4. The lowest BCUT2D eigenvalue weighted by Crippen LogP contribution is -2.53. The highest BCUT2D eigenvalue weighted by molar-refractivity contribution is 7.11. The summed E-state index contributed by atoms with van der Waals surface area (Å²) in [5.41, 5.74) is -0.522. The predicted octanol–water partition coefficient (Wildman–Crippen LogP) is 1.80. The van der Waals surface area contributed by atoms with Gasteiger partial charge in [0.05, 0.1) is 5.60 Å². The monoisotopic (exact) mass is 212 g/mol. The molecule has 1 heterocycles.